The van der Waals surface area contributed by atoms with Gasteiger partial charge in [0.05, 0.1) is 29.7 Å². The van der Waals surface area contributed by atoms with Gasteiger partial charge in [0, 0.05) is 12.6 Å². The number of nitrogens with one attached hydrogen (secondary N) is 1. The maximum absolute atomic E-state index is 13.9. The van der Waals surface area contributed by atoms with Crippen LogP contribution in [-0.4, -0.2) is 56.4 Å². The monoisotopic (exact) mass is 476 g/mol. The predicted octanol–water partition coefficient (Wildman–Crippen LogP) is 3.28. The van der Waals surface area contributed by atoms with Crippen LogP contribution in [0.15, 0.2) is 30.5 Å². The molecule has 2 amide bonds. The average Bonchev–Trinajstić information content (AvgIpc) is 3.20. The van der Waals surface area contributed by atoms with Gasteiger partial charge in [-0.25, -0.2) is 17.9 Å². The summed E-state index contributed by atoms with van der Waals surface area (Å²) in [7, 11) is 0. The minimum atomic E-state index is -1.69. The summed E-state index contributed by atoms with van der Waals surface area (Å²) in [5, 5.41) is 14.4. The molecule has 180 valence electrons. The summed E-state index contributed by atoms with van der Waals surface area (Å²) in [5.41, 5.74) is 0.179. The van der Waals surface area contributed by atoms with Crippen LogP contribution < -0.4 is 10.1 Å². The van der Waals surface area contributed by atoms with Gasteiger partial charge in [-0.2, -0.15) is 5.10 Å². The quantitative estimate of drug-likeness (QED) is 0.476. The van der Waals surface area contributed by atoms with Crippen molar-refractivity contribution in [3.05, 3.63) is 59.2 Å². The number of anilines is 1. The highest BCUT2D eigenvalue weighted by atomic mass is 19.2. The molecular formula is C22H23F3N6O3. The smallest absolute Gasteiger partial charge is 0.257 e. The fraction of sp³-hybridized carbons (Fsp3) is 0.318. The zero-order valence-electron chi connectivity index (χ0n) is 18.8. The molecule has 12 heteroatoms. The van der Waals surface area contributed by atoms with Crippen molar-refractivity contribution in [1.82, 2.24) is 24.9 Å². The number of hydrogen-bond donors (Lipinski definition) is 1. The van der Waals surface area contributed by atoms with Gasteiger partial charge in [-0.15, -0.1) is 10.2 Å². The summed E-state index contributed by atoms with van der Waals surface area (Å²) >= 11 is 0. The largest absolute Gasteiger partial charge is 0.477 e. The number of ether oxygens (including phenoxy) is 1. The van der Waals surface area contributed by atoms with Crippen LogP contribution >= 0.6 is 0 Å². The topological polar surface area (TPSA) is 102 Å². The molecule has 0 bridgehead atoms. The van der Waals surface area contributed by atoms with E-state index in [-0.39, 0.29) is 12.1 Å². The van der Waals surface area contributed by atoms with Crippen molar-refractivity contribution in [1.29, 1.82) is 0 Å². The van der Waals surface area contributed by atoms with Gasteiger partial charge in [0.1, 0.15) is 6.54 Å². The van der Waals surface area contributed by atoms with Gasteiger partial charge < -0.3 is 15.0 Å². The Bertz CT molecular complexity index is 1180. The Kier molecular flexibility index (Phi) is 7.82. The normalized spacial score (nSPS) is 10.8. The van der Waals surface area contributed by atoms with Gasteiger partial charge >= 0.3 is 0 Å². The second kappa shape index (κ2) is 10.8. The van der Waals surface area contributed by atoms with E-state index in [4.69, 9.17) is 4.74 Å². The first-order valence-electron chi connectivity index (χ1n) is 10.5. The summed E-state index contributed by atoms with van der Waals surface area (Å²) in [5.74, 6) is -5.11. The molecule has 0 fully saturated rings. The van der Waals surface area contributed by atoms with Gasteiger partial charge in [-0.05, 0) is 38.5 Å². The van der Waals surface area contributed by atoms with E-state index in [1.54, 1.807) is 19.1 Å². The molecule has 0 aliphatic rings. The Morgan fingerprint density at radius 1 is 1.09 bits per heavy atom. The van der Waals surface area contributed by atoms with E-state index >= 15 is 0 Å². The van der Waals surface area contributed by atoms with E-state index in [2.05, 4.69) is 20.6 Å². The second-order valence-electron chi connectivity index (χ2n) is 7.22. The molecule has 0 atom stereocenters. The maximum atomic E-state index is 13.9. The Hall–Kier alpha value is -3.96. The van der Waals surface area contributed by atoms with Crippen LogP contribution in [0.1, 0.15) is 36.3 Å². The highest BCUT2D eigenvalue weighted by Crippen LogP contribution is 2.20. The third-order valence-corrected chi connectivity index (χ3v) is 4.80. The molecular weight excluding hydrogens is 453 g/mol. The predicted molar refractivity (Wildman–Crippen MR) is 116 cm³/mol. The molecule has 3 aromatic rings. The highest BCUT2D eigenvalue weighted by Gasteiger charge is 2.24. The highest BCUT2D eigenvalue weighted by molar-refractivity contribution is 6.00. The van der Waals surface area contributed by atoms with Gasteiger partial charge in [0.25, 0.3) is 5.91 Å². The van der Waals surface area contributed by atoms with Crippen molar-refractivity contribution in [3.63, 3.8) is 0 Å². The molecule has 2 aromatic heterocycles. The SMILES string of the molecule is CCCN(CC(=O)Nc1ccc(F)c(F)c1F)C(=O)c1cnn(-c2ccc(OCC)nn2)c1C. The number of rotatable bonds is 9. The number of aromatic nitrogens is 4. The van der Waals surface area contributed by atoms with Crippen LogP contribution in [0.25, 0.3) is 5.82 Å². The Morgan fingerprint density at radius 3 is 2.50 bits per heavy atom. The number of hydrogen-bond acceptors (Lipinski definition) is 6. The van der Waals surface area contributed by atoms with Gasteiger partial charge in [0.15, 0.2) is 23.3 Å². The Labute approximate surface area is 193 Å². The minimum absolute atomic E-state index is 0.222. The van der Waals surface area contributed by atoms with Crippen molar-refractivity contribution < 1.29 is 27.5 Å². The number of nitrogens with zero attached hydrogens (tertiary/aromatic N) is 5. The molecule has 0 saturated carbocycles. The number of benzene rings is 1. The van der Waals surface area contributed by atoms with Crippen LogP contribution in [0.3, 0.4) is 0 Å². The van der Waals surface area contributed by atoms with Crippen molar-refractivity contribution in [2.24, 2.45) is 0 Å². The van der Waals surface area contributed by atoms with Crippen molar-refractivity contribution >= 4 is 17.5 Å². The minimum Gasteiger partial charge on any atom is -0.477 e. The van der Waals surface area contributed by atoms with Crippen molar-refractivity contribution in [3.8, 4) is 11.7 Å². The number of halogens is 3. The Balaban J connectivity index is 1.77. The number of amides is 2. The molecule has 0 saturated heterocycles. The molecule has 3 rings (SSSR count). The molecule has 34 heavy (non-hydrogen) atoms. The summed E-state index contributed by atoms with van der Waals surface area (Å²) in [4.78, 5) is 26.8. The molecule has 1 aromatic carbocycles. The molecule has 0 radical (unpaired) electrons. The first kappa shape index (κ1) is 24.7. The number of carbonyl (C=O) groups excluding carboxylic acids is 2. The fourth-order valence-electron chi connectivity index (χ4n) is 3.18. The van der Waals surface area contributed by atoms with Gasteiger partial charge in [0.2, 0.25) is 11.8 Å². The molecule has 9 nitrogen and oxygen atoms in total. The zero-order chi connectivity index (χ0) is 24.8. The molecule has 2 heterocycles. The van der Waals surface area contributed by atoms with Crippen LogP contribution in [-0.2, 0) is 4.79 Å². The summed E-state index contributed by atoms with van der Waals surface area (Å²) < 4.78 is 47.1. The van der Waals surface area contributed by atoms with Crippen LogP contribution in [0.2, 0.25) is 0 Å². The van der Waals surface area contributed by atoms with E-state index in [9.17, 15) is 22.8 Å². The lowest BCUT2D eigenvalue weighted by atomic mass is 10.2. The van der Waals surface area contributed by atoms with Crippen molar-refractivity contribution in [2.45, 2.75) is 27.2 Å². The van der Waals surface area contributed by atoms with Crippen molar-refractivity contribution in [2.75, 3.05) is 25.0 Å². The van der Waals surface area contributed by atoms with Crippen LogP contribution in [0.5, 0.6) is 5.88 Å². The lowest BCUT2D eigenvalue weighted by Gasteiger charge is -2.21. The summed E-state index contributed by atoms with van der Waals surface area (Å²) in [6, 6.07) is 4.87. The van der Waals surface area contributed by atoms with E-state index in [1.165, 1.54) is 15.8 Å². The molecule has 1 N–H and O–H groups in total. The maximum Gasteiger partial charge on any atom is 0.257 e. The Morgan fingerprint density at radius 2 is 1.85 bits per heavy atom. The van der Waals surface area contributed by atoms with Crippen LogP contribution in [0, 0.1) is 24.4 Å². The lowest BCUT2D eigenvalue weighted by molar-refractivity contribution is -0.116. The van der Waals surface area contributed by atoms with E-state index in [0.717, 1.165) is 6.07 Å². The molecule has 0 aliphatic heterocycles. The fourth-order valence-corrected chi connectivity index (χ4v) is 3.18. The molecule has 0 aliphatic carbocycles. The van der Waals surface area contributed by atoms with Crippen LogP contribution in [0.4, 0.5) is 18.9 Å². The van der Waals surface area contributed by atoms with E-state index in [0.29, 0.717) is 36.5 Å². The number of carbonyl (C=O) groups is 2. The van der Waals surface area contributed by atoms with Gasteiger partial charge in [-0.1, -0.05) is 6.92 Å². The summed E-state index contributed by atoms with van der Waals surface area (Å²) in [6.45, 7) is 5.54. The molecule has 0 spiro atoms. The van der Waals surface area contributed by atoms with E-state index < -0.39 is 41.5 Å². The zero-order valence-corrected chi connectivity index (χ0v) is 18.8. The average molecular weight is 476 g/mol. The first-order chi connectivity index (χ1) is 16.3. The van der Waals surface area contributed by atoms with E-state index in [1.807, 2.05) is 13.8 Å². The molecule has 0 unspecified atom stereocenters. The standard InChI is InChI=1S/C22H23F3N6O3/c1-4-10-30(12-18(32)27-16-7-6-15(23)20(24)21(16)25)22(33)14-11-26-31(13(14)3)17-8-9-19(29-28-17)34-5-2/h6-9,11H,4-5,10,12H2,1-3H3,(H,27,32). The third kappa shape index (κ3) is 5.33. The third-order valence-electron chi connectivity index (χ3n) is 4.80. The second-order valence-corrected chi connectivity index (χ2v) is 7.22. The van der Waals surface area contributed by atoms with Gasteiger partial charge in [-0.3, -0.25) is 9.59 Å². The first-order valence-corrected chi connectivity index (χ1v) is 10.5. The lowest BCUT2D eigenvalue weighted by Crippen LogP contribution is -2.38. The summed E-state index contributed by atoms with van der Waals surface area (Å²) in [6.07, 6.45) is 1.89.